The number of aliphatic hydroxyl groups excluding tert-OH is 1. The van der Waals surface area contributed by atoms with Crippen LogP contribution in [0, 0.1) is 0 Å². The summed E-state index contributed by atoms with van der Waals surface area (Å²) in [4.78, 5) is 11.0. The molecule has 0 amide bonds. The predicted molar refractivity (Wildman–Crippen MR) is 60.6 cm³/mol. The Morgan fingerprint density at radius 3 is 2.47 bits per heavy atom. The first-order valence-electron chi connectivity index (χ1n) is 6.04. The molecule has 1 N–H and O–H groups in total. The van der Waals surface area contributed by atoms with E-state index in [0.29, 0.717) is 13.0 Å². The summed E-state index contributed by atoms with van der Waals surface area (Å²) in [5.41, 5.74) is 0. The zero-order chi connectivity index (χ0) is 11.5. The van der Waals surface area contributed by atoms with Crippen LogP contribution in [0.2, 0.25) is 0 Å². The first kappa shape index (κ1) is 14.4. The molecule has 0 aromatic heterocycles. The monoisotopic (exact) mass is 216 g/mol. The summed E-state index contributed by atoms with van der Waals surface area (Å²) < 4.78 is 4.76. The lowest BCUT2D eigenvalue weighted by molar-refractivity contribution is -0.145. The zero-order valence-corrected chi connectivity index (χ0v) is 10.00. The molecule has 15 heavy (non-hydrogen) atoms. The molecule has 0 rings (SSSR count). The Morgan fingerprint density at radius 2 is 1.87 bits per heavy atom. The topological polar surface area (TPSA) is 46.5 Å². The first-order valence-corrected chi connectivity index (χ1v) is 6.04. The second kappa shape index (κ2) is 9.97. The fourth-order valence-electron chi connectivity index (χ4n) is 1.50. The Kier molecular flexibility index (Phi) is 9.59. The van der Waals surface area contributed by atoms with E-state index in [0.717, 1.165) is 12.8 Å². The smallest absolute Gasteiger partial charge is 0.308 e. The van der Waals surface area contributed by atoms with Crippen molar-refractivity contribution in [2.45, 2.75) is 64.9 Å². The van der Waals surface area contributed by atoms with E-state index in [2.05, 4.69) is 6.92 Å². The molecule has 3 nitrogen and oxygen atoms in total. The molecule has 0 aliphatic heterocycles. The SMILES string of the molecule is CCCCCCC[C@@H](O)CC(=O)OCC. The van der Waals surface area contributed by atoms with Gasteiger partial charge in [-0.25, -0.2) is 0 Å². The van der Waals surface area contributed by atoms with Gasteiger partial charge in [0, 0.05) is 0 Å². The molecule has 0 saturated heterocycles. The van der Waals surface area contributed by atoms with Crippen LogP contribution in [0.5, 0.6) is 0 Å². The number of hydrogen-bond acceptors (Lipinski definition) is 3. The minimum atomic E-state index is -0.523. The van der Waals surface area contributed by atoms with Crippen molar-refractivity contribution in [3.63, 3.8) is 0 Å². The molecule has 0 bridgehead atoms. The lowest BCUT2D eigenvalue weighted by Crippen LogP contribution is -2.15. The van der Waals surface area contributed by atoms with E-state index in [4.69, 9.17) is 4.74 Å². The Hall–Kier alpha value is -0.570. The lowest BCUT2D eigenvalue weighted by Gasteiger charge is -2.09. The van der Waals surface area contributed by atoms with Gasteiger partial charge >= 0.3 is 5.97 Å². The van der Waals surface area contributed by atoms with Crippen LogP contribution in [0.25, 0.3) is 0 Å². The number of ether oxygens (including phenoxy) is 1. The van der Waals surface area contributed by atoms with E-state index in [1.807, 2.05) is 0 Å². The minimum absolute atomic E-state index is 0.140. The molecular weight excluding hydrogens is 192 g/mol. The summed E-state index contributed by atoms with van der Waals surface area (Å²) in [6.45, 7) is 4.34. The van der Waals surface area contributed by atoms with Gasteiger partial charge in [0.05, 0.1) is 19.1 Å². The number of unbranched alkanes of at least 4 members (excludes halogenated alkanes) is 4. The van der Waals surface area contributed by atoms with Crippen LogP contribution < -0.4 is 0 Å². The van der Waals surface area contributed by atoms with Crippen molar-refractivity contribution >= 4 is 5.97 Å². The first-order chi connectivity index (χ1) is 7.20. The summed E-state index contributed by atoms with van der Waals surface area (Å²) in [5.74, 6) is -0.293. The predicted octanol–water partition coefficient (Wildman–Crippen LogP) is 2.66. The maximum atomic E-state index is 11.0. The van der Waals surface area contributed by atoms with Crippen LogP contribution in [0.1, 0.15) is 58.8 Å². The van der Waals surface area contributed by atoms with Crippen molar-refractivity contribution in [3.05, 3.63) is 0 Å². The number of rotatable bonds is 9. The molecule has 0 fully saturated rings. The van der Waals surface area contributed by atoms with E-state index in [9.17, 15) is 9.90 Å². The third kappa shape index (κ3) is 9.73. The van der Waals surface area contributed by atoms with Crippen molar-refractivity contribution in [1.82, 2.24) is 0 Å². The van der Waals surface area contributed by atoms with Crippen molar-refractivity contribution in [3.8, 4) is 0 Å². The summed E-state index contributed by atoms with van der Waals surface area (Å²) in [5, 5.41) is 9.50. The molecule has 0 saturated carbocycles. The van der Waals surface area contributed by atoms with Gasteiger partial charge in [-0.05, 0) is 13.3 Å². The second-order valence-electron chi connectivity index (χ2n) is 3.87. The van der Waals surface area contributed by atoms with Crippen LogP contribution in [-0.2, 0) is 9.53 Å². The Balaban J connectivity index is 3.32. The largest absolute Gasteiger partial charge is 0.466 e. The lowest BCUT2D eigenvalue weighted by atomic mass is 10.1. The van der Waals surface area contributed by atoms with Gasteiger partial charge in [0.25, 0.3) is 0 Å². The van der Waals surface area contributed by atoms with Gasteiger partial charge < -0.3 is 9.84 Å². The molecule has 90 valence electrons. The van der Waals surface area contributed by atoms with Crippen molar-refractivity contribution in [1.29, 1.82) is 0 Å². The maximum Gasteiger partial charge on any atom is 0.308 e. The quantitative estimate of drug-likeness (QED) is 0.476. The molecule has 0 spiro atoms. The van der Waals surface area contributed by atoms with Gasteiger partial charge in [-0.15, -0.1) is 0 Å². The average molecular weight is 216 g/mol. The van der Waals surface area contributed by atoms with Crippen LogP contribution in [0.4, 0.5) is 0 Å². The molecule has 0 aliphatic carbocycles. The van der Waals surface area contributed by atoms with Crippen LogP contribution in [0.3, 0.4) is 0 Å². The normalized spacial score (nSPS) is 12.5. The molecule has 0 radical (unpaired) electrons. The zero-order valence-electron chi connectivity index (χ0n) is 10.00. The molecule has 0 heterocycles. The van der Waals surface area contributed by atoms with Gasteiger partial charge in [-0.1, -0.05) is 39.0 Å². The second-order valence-corrected chi connectivity index (χ2v) is 3.87. The molecule has 0 aliphatic rings. The van der Waals surface area contributed by atoms with Gasteiger partial charge in [-0.2, -0.15) is 0 Å². The molecule has 0 unspecified atom stereocenters. The third-order valence-corrected chi connectivity index (χ3v) is 2.35. The number of hydrogen-bond donors (Lipinski definition) is 1. The molecule has 0 aromatic carbocycles. The Morgan fingerprint density at radius 1 is 1.20 bits per heavy atom. The summed E-state index contributed by atoms with van der Waals surface area (Å²) in [6, 6.07) is 0. The minimum Gasteiger partial charge on any atom is -0.466 e. The van der Waals surface area contributed by atoms with Gasteiger partial charge in [0.1, 0.15) is 0 Å². The summed E-state index contributed by atoms with van der Waals surface area (Å²) in [6.07, 6.45) is 6.19. The van der Waals surface area contributed by atoms with E-state index in [-0.39, 0.29) is 12.4 Å². The van der Waals surface area contributed by atoms with Gasteiger partial charge in [0.2, 0.25) is 0 Å². The number of carbonyl (C=O) groups is 1. The van der Waals surface area contributed by atoms with Crippen LogP contribution >= 0.6 is 0 Å². The Labute approximate surface area is 92.8 Å². The van der Waals surface area contributed by atoms with E-state index < -0.39 is 6.10 Å². The van der Waals surface area contributed by atoms with E-state index in [1.54, 1.807) is 6.92 Å². The molecule has 1 atom stereocenters. The van der Waals surface area contributed by atoms with E-state index >= 15 is 0 Å². The van der Waals surface area contributed by atoms with Crippen molar-refractivity contribution in [2.75, 3.05) is 6.61 Å². The molecular formula is C12H24O3. The van der Waals surface area contributed by atoms with E-state index in [1.165, 1.54) is 19.3 Å². The van der Waals surface area contributed by atoms with Crippen molar-refractivity contribution in [2.24, 2.45) is 0 Å². The maximum absolute atomic E-state index is 11.0. The highest BCUT2D eigenvalue weighted by atomic mass is 16.5. The summed E-state index contributed by atoms with van der Waals surface area (Å²) >= 11 is 0. The third-order valence-electron chi connectivity index (χ3n) is 2.35. The summed E-state index contributed by atoms with van der Waals surface area (Å²) in [7, 11) is 0. The van der Waals surface area contributed by atoms with Crippen LogP contribution in [-0.4, -0.2) is 23.8 Å². The number of esters is 1. The molecule has 0 aromatic rings. The average Bonchev–Trinajstić information content (AvgIpc) is 2.17. The number of aliphatic hydroxyl groups is 1. The van der Waals surface area contributed by atoms with Crippen LogP contribution in [0.15, 0.2) is 0 Å². The van der Waals surface area contributed by atoms with Gasteiger partial charge in [-0.3, -0.25) is 4.79 Å². The Bertz CT molecular complexity index is 157. The highest BCUT2D eigenvalue weighted by Gasteiger charge is 2.10. The fraction of sp³-hybridized carbons (Fsp3) is 0.917. The fourth-order valence-corrected chi connectivity index (χ4v) is 1.50. The molecule has 3 heteroatoms. The van der Waals surface area contributed by atoms with Gasteiger partial charge in [0.15, 0.2) is 0 Å². The highest BCUT2D eigenvalue weighted by Crippen LogP contribution is 2.09. The number of carbonyl (C=O) groups excluding carboxylic acids is 1. The standard InChI is InChI=1S/C12H24O3/c1-3-5-6-7-8-9-11(13)10-12(14)15-4-2/h11,13H,3-10H2,1-2H3/t11-/m1/s1. The highest BCUT2D eigenvalue weighted by molar-refractivity contribution is 5.69. The van der Waals surface area contributed by atoms with Crippen molar-refractivity contribution < 1.29 is 14.6 Å².